The molecule has 1 saturated heterocycles. The molecule has 4 nitrogen and oxygen atoms in total. The second-order valence-corrected chi connectivity index (χ2v) is 8.33. The Labute approximate surface area is 152 Å². The van der Waals surface area contributed by atoms with Crippen LogP contribution in [0.25, 0.3) is 10.9 Å². The van der Waals surface area contributed by atoms with E-state index in [1.54, 1.807) is 0 Å². The third-order valence-corrected chi connectivity index (χ3v) is 6.79. The van der Waals surface area contributed by atoms with E-state index < -0.39 is 0 Å². The number of hydrogen-bond donors (Lipinski definition) is 1. The molecule has 2 saturated carbocycles. The second kappa shape index (κ2) is 6.03. The number of carbonyl (C=O) groups is 1. The van der Waals surface area contributed by atoms with Gasteiger partial charge < -0.3 is 14.6 Å². The smallest absolute Gasteiger partial charge is 0.253 e. The molecule has 1 unspecified atom stereocenters. The summed E-state index contributed by atoms with van der Waals surface area (Å²) >= 11 is 6.44. The zero-order chi connectivity index (χ0) is 17.0. The number of carbonyl (C=O) groups excluding carboxylic acids is 1. The second-order valence-electron chi connectivity index (χ2n) is 7.92. The summed E-state index contributed by atoms with van der Waals surface area (Å²) in [6.07, 6.45) is 7.35. The Kier molecular flexibility index (Phi) is 3.79. The molecular formula is C20H23ClN2O2. The molecule has 132 valence electrons. The van der Waals surface area contributed by atoms with E-state index in [2.05, 4.69) is 9.88 Å². The van der Waals surface area contributed by atoms with Gasteiger partial charge in [0.1, 0.15) is 0 Å². The zero-order valence-electron chi connectivity index (χ0n) is 14.2. The lowest BCUT2D eigenvalue weighted by Gasteiger charge is -2.28. The standard InChI is InChI=1S/C20H23ClN2O2/c21-17-2-1-3-18-19(17)16(9-23(18)15-10-25-11-15)20(24)22-8-14-7-12-4-5-13(14)6-12/h1-3,9,12-15H,4-8,10-11H2,(H,22,24)/t12-,13+,14?/m1/s1. The number of aromatic nitrogens is 1. The van der Waals surface area contributed by atoms with Gasteiger partial charge in [0.15, 0.2) is 0 Å². The highest BCUT2D eigenvalue weighted by molar-refractivity contribution is 6.36. The summed E-state index contributed by atoms with van der Waals surface area (Å²) in [5.74, 6) is 2.38. The van der Waals surface area contributed by atoms with Crippen molar-refractivity contribution in [1.29, 1.82) is 0 Å². The topological polar surface area (TPSA) is 43.3 Å². The first-order valence-corrected chi connectivity index (χ1v) is 9.73. The van der Waals surface area contributed by atoms with E-state index in [9.17, 15) is 4.79 Å². The number of benzene rings is 1. The number of halogens is 1. The maximum absolute atomic E-state index is 12.9. The van der Waals surface area contributed by atoms with Crippen LogP contribution in [0.1, 0.15) is 42.1 Å². The van der Waals surface area contributed by atoms with Crippen LogP contribution in [-0.4, -0.2) is 30.2 Å². The van der Waals surface area contributed by atoms with E-state index in [1.807, 2.05) is 24.4 Å². The minimum absolute atomic E-state index is 0.000125. The van der Waals surface area contributed by atoms with Crippen LogP contribution in [-0.2, 0) is 4.74 Å². The van der Waals surface area contributed by atoms with Crippen LogP contribution in [0.5, 0.6) is 0 Å². The lowest BCUT2D eigenvalue weighted by molar-refractivity contribution is -0.0214. The predicted molar refractivity (Wildman–Crippen MR) is 98.1 cm³/mol. The van der Waals surface area contributed by atoms with Crippen molar-refractivity contribution in [1.82, 2.24) is 9.88 Å². The number of rotatable bonds is 4. The van der Waals surface area contributed by atoms with Crippen molar-refractivity contribution in [2.45, 2.75) is 31.7 Å². The lowest BCUT2D eigenvalue weighted by atomic mass is 9.89. The maximum atomic E-state index is 12.9. The van der Waals surface area contributed by atoms with Crippen LogP contribution in [0.15, 0.2) is 24.4 Å². The van der Waals surface area contributed by atoms with Crippen LogP contribution in [0.4, 0.5) is 0 Å². The number of ether oxygens (including phenoxy) is 1. The Bertz CT molecular complexity index is 826. The minimum Gasteiger partial charge on any atom is -0.377 e. The Morgan fingerprint density at radius 1 is 1.28 bits per heavy atom. The first kappa shape index (κ1) is 15.7. The van der Waals surface area contributed by atoms with Crippen molar-refractivity contribution in [2.75, 3.05) is 19.8 Å². The molecule has 25 heavy (non-hydrogen) atoms. The van der Waals surface area contributed by atoms with Gasteiger partial charge in [-0.15, -0.1) is 0 Å². The Morgan fingerprint density at radius 2 is 2.16 bits per heavy atom. The number of amides is 1. The van der Waals surface area contributed by atoms with Crippen molar-refractivity contribution in [3.05, 3.63) is 35.0 Å². The highest BCUT2D eigenvalue weighted by atomic mass is 35.5. The molecule has 2 heterocycles. The normalized spacial score (nSPS) is 28.4. The average Bonchev–Trinajstić information content (AvgIpc) is 3.26. The van der Waals surface area contributed by atoms with Crippen molar-refractivity contribution >= 4 is 28.4 Å². The molecule has 3 atom stereocenters. The molecule has 5 heteroatoms. The quantitative estimate of drug-likeness (QED) is 0.896. The highest BCUT2D eigenvalue weighted by Gasteiger charge is 2.39. The Hall–Kier alpha value is -1.52. The molecule has 5 rings (SSSR count). The molecule has 2 aliphatic carbocycles. The van der Waals surface area contributed by atoms with Gasteiger partial charge in [-0.1, -0.05) is 24.1 Å². The van der Waals surface area contributed by atoms with E-state index >= 15 is 0 Å². The van der Waals surface area contributed by atoms with E-state index in [4.69, 9.17) is 16.3 Å². The van der Waals surface area contributed by atoms with E-state index in [0.717, 1.165) is 29.3 Å². The maximum Gasteiger partial charge on any atom is 0.253 e. The third kappa shape index (κ3) is 2.58. The van der Waals surface area contributed by atoms with Crippen molar-refractivity contribution < 1.29 is 9.53 Å². The van der Waals surface area contributed by atoms with E-state index in [0.29, 0.717) is 35.8 Å². The first-order chi connectivity index (χ1) is 12.2. The number of nitrogens with zero attached hydrogens (tertiary/aromatic N) is 1. The van der Waals surface area contributed by atoms with Crippen molar-refractivity contribution in [3.63, 3.8) is 0 Å². The summed E-state index contributed by atoms with van der Waals surface area (Å²) in [7, 11) is 0. The molecule has 1 N–H and O–H groups in total. The van der Waals surface area contributed by atoms with Crippen LogP contribution in [0, 0.1) is 17.8 Å². The minimum atomic E-state index is -0.000125. The monoisotopic (exact) mass is 358 g/mol. The summed E-state index contributed by atoms with van der Waals surface area (Å²) in [4.78, 5) is 12.9. The molecule has 1 aliphatic heterocycles. The fourth-order valence-corrected chi connectivity index (χ4v) is 5.34. The van der Waals surface area contributed by atoms with Gasteiger partial charge in [-0.05, 0) is 49.1 Å². The molecule has 1 amide bonds. The van der Waals surface area contributed by atoms with Gasteiger partial charge in [0.25, 0.3) is 5.91 Å². The molecule has 3 fully saturated rings. The number of fused-ring (bicyclic) bond motifs is 3. The van der Waals surface area contributed by atoms with Gasteiger partial charge in [0.05, 0.1) is 35.4 Å². The largest absolute Gasteiger partial charge is 0.377 e. The van der Waals surface area contributed by atoms with Crippen LogP contribution >= 0.6 is 11.6 Å². The fourth-order valence-electron chi connectivity index (χ4n) is 5.07. The average molecular weight is 359 g/mol. The summed E-state index contributed by atoms with van der Waals surface area (Å²) in [6, 6.07) is 6.13. The molecule has 2 bridgehead atoms. The van der Waals surface area contributed by atoms with Gasteiger partial charge in [-0.25, -0.2) is 0 Å². The Morgan fingerprint density at radius 3 is 2.84 bits per heavy atom. The molecule has 2 aromatic rings. The summed E-state index contributed by atoms with van der Waals surface area (Å²) in [6.45, 7) is 2.19. The molecule has 0 radical (unpaired) electrons. The SMILES string of the molecule is O=C(NCC1C[C@@H]2CC[C@H]1C2)c1cn(C2COC2)c2cccc(Cl)c12. The molecule has 1 aromatic heterocycles. The Balaban J connectivity index is 1.40. The summed E-state index contributed by atoms with van der Waals surface area (Å²) < 4.78 is 7.48. The summed E-state index contributed by atoms with van der Waals surface area (Å²) in [5, 5.41) is 4.69. The van der Waals surface area contributed by atoms with Crippen molar-refractivity contribution in [3.8, 4) is 0 Å². The van der Waals surface area contributed by atoms with Crippen molar-refractivity contribution in [2.24, 2.45) is 17.8 Å². The van der Waals surface area contributed by atoms with E-state index in [-0.39, 0.29) is 5.91 Å². The van der Waals surface area contributed by atoms with Gasteiger partial charge in [-0.3, -0.25) is 4.79 Å². The number of nitrogens with one attached hydrogen (secondary N) is 1. The zero-order valence-corrected chi connectivity index (χ0v) is 15.0. The molecule has 0 spiro atoms. The highest BCUT2D eigenvalue weighted by Crippen LogP contribution is 2.48. The predicted octanol–water partition coefficient (Wildman–Crippen LogP) is 4.03. The van der Waals surface area contributed by atoms with Crippen LogP contribution in [0.3, 0.4) is 0 Å². The summed E-state index contributed by atoms with van der Waals surface area (Å²) in [5.41, 5.74) is 1.71. The fraction of sp³-hybridized carbons (Fsp3) is 0.550. The first-order valence-electron chi connectivity index (χ1n) is 9.35. The van der Waals surface area contributed by atoms with Gasteiger partial charge in [0, 0.05) is 18.1 Å². The lowest BCUT2D eigenvalue weighted by Crippen LogP contribution is -2.32. The van der Waals surface area contributed by atoms with Gasteiger partial charge >= 0.3 is 0 Å². The van der Waals surface area contributed by atoms with Gasteiger partial charge in [-0.2, -0.15) is 0 Å². The molecular weight excluding hydrogens is 336 g/mol. The molecule has 1 aromatic carbocycles. The molecule has 3 aliphatic rings. The van der Waals surface area contributed by atoms with E-state index in [1.165, 1.54) is 25.7 Å². The number of hydrogen-bond acceptors (Lipinski definition) is 2. The van der Waals surface area contributed by atoms with Crippen LogP contribution in [0.2, 0.25) is 5.02 Å². The third-order valence-electron chi connectivity index (χ3n) is 6.48. The van der Waals surface area contributed by atoms with Gasteiger partial charge in [0.2, 0.25) is 0 Å². The van der Waals surface area contributed by atoms with Crippen LogP contribution < -0.4 is 5.32 Å².